The van der Waals surface area contributed by atoms with Crippen LogP contribution in [0.15, 0.2) is 53.4 Å². The Morgan fingerprint density at radius 2 is 1.87 bits per heavy atom. The molecule has 0 aromatic carbocycles. The van der Waals surface area contributed by atoms with E-state index in [2.05, 4.69) is 35.3 Å². The Labute approximate surface area is 179 Å². The van der Waals surface area contributed by atoms with Crippen molar-refractivity contribution in [1.82, 2.24) is 30.1 Å². The molecule has 1 N–H and O–H groups in total. The van der Waals surface area contributed by atoms with Gasteiger partial charge in [0, 0.05) is 42.3 Å². The fourth-order valence-electron chi connectivity index (χ4n) is 3.78. The SMILES string of the molecule is Cc1cc(Nc2cc(C)nc(N3CCC[C@H]3c3cc(-c4ccccn4)no3)n2)ncn1. The molecular weight excluding hydrogens is 392 g/mol. The van der Waals surface area contributed by atoms with Gasteiger partial charge >= 0.3 is 0 Å². The van der Waals surface area contributed by atoms with E-state index in [1.54, 1.807) is 6.20 Å². The van der Waals surface area contributed by atoms with Crippen molar-refractivity contribution in [2.45, 2.75) is 32.7 Å². The summed E-state index contributed by atoms with van der Waals surface area (Å²) in [6.45, 7) is 4.73. The molecule has 0 saturated carbocycles. The average Bonchev–Trinajstić information content (AvgIpc) is 3.44. The standard InChI is InChI=1S/C22H22N8O/c1-14-10-20(25-13-24-14)27-21-11-15(2)26-22(28-21)30-9-5-7-18(30)19-12-17(29-31-19)16-6-3-4-8-23-16/h3-4,6,8,10-13,18H,5,7,9H2,1-2H3,(H,24,25,26,27,28)/t18-/m0/s1. The van der Waals surface area contributed by atoms with E-state index in [9.17, 15) is 0 Å². The molecule has 156 valence electrons. The van der Waals surface area contributed by atoms with Crippen LogP contribution in [-0.4, -0.2) is 36.6 Å². The molecule has 0 bridgehead atoms. The summed E-state index contributed by atoms with van der Waals surface area (Å²) in [6.07, 6.45) is 5.25. The molecule has 9 heteroatoms. The highest BCUT2D eigenvalue weighted by Crippen LogP contribution is 2.36. The predicted molar refractivity (Wildman–Crippen MR) is 116 cm³/mol. The van der Waals surface area contributed by atoms with Crippen molar-refractivity contribution in [1.29, 1.82) is 0 Å². The number of rotatable bonds is 5. The topological polar surface area (TPSA) is 106 Å². The van der Waals surface area contributed by atoms with Crippen LogP contribution in [0.4, 0.5) is 17.6 Å². The monoisotopic (exact) mass is 414 g/mol. The van der Waals surface area contributed by atoms with Gasteiger partial charge in [0.25, 0.3) is 0 Å². The van der Waals surface area contributed by atoms with E-state index in [0.717, 1.165) is 47.9 Å². The van der Waals surface area contributed by atoms with Crippen molar-refractivity contribution in [3.63, 3.8) is 0 Å². The Bertz CT molecular complexity index is 1190. The third-order valence-electron chi connectivity index (χ3n) is 5.20. The molecule has 1 aliphatic heterocycles. The van der Waals surface area contributed by atoms with E-state index in [1.807, 2.05) is 50.2 Å². The summed E-state index contributed by atoms with van der Waals surface area (Å²) in [5.74, 6) is 2.85. The lowest BCUT2D eigenvalue weighted by atomic mass is 10.1. The third-order valence-corrected chi connectivity index (χ3v) is 5.20. The lowest BCUT2D eigenvalue weighted by Crippen LogP contribution is -2.25. The van der Waals surface area contributed by atoms with Gasteiger partial charge in [-0.2, -0.15) is 4.98 Å². The Hall–Kier alpha value is -3.88. The second kappa shape index (κ2) is 8.10. The van der Waals surface area contributed by atoms with Gasteiger partial charge in [0.15, 0.2) is 5.76 Å². The van der Waals surface area contributed by atoms with Crippen LogP contribution in [0.25, 0.3) is 11.4 Å². The van der Waals surface area contributed by atoms with Crippen LogP contribution in [0.1, 0.15) is 36.0 Å². The van der Waals surface area contributed by atoms with Gasteiger partial charge in [-0.1, -0.05) is 11.2 Å². The summed E-state index contributed by atoms with van der Waals surface area (Å²) in [5, 5.41) is 7.48. The smallest absolute Gasteiger partial charge is 0.228 e. The van der Waals surface area contributed by atoms with E-state index in [4.69, 9.17) is 9.51 Å². The molecule has 0 radical (unpaired) electrons. The van der Waals surface area contributed by atoms with Gasteiger partial charge in [-0.15, -0.1) is 0 Å². The first kappa shape index (κ1) is 19.1. The summed E-state index contributed by atoms with van der Waals surface area (Å²) in [6, 6.07) is 11.5. The maximum absolute atomic E-state index is 5.70. The highest BCUT2D eigenvalue weighted by atomic mass is 16.5. The second-order valence-corrected chi connectivity index (χ2v) is 7.55. The van der Waals surface area contributed by atoms with Gasteiger partial charge in [-0.25, -0.2) is 15.0 Å². The number of hydrogen-bond donors (Lipinski definition) is 1. The predicted octanol–water partition coefficient (Wildman–Crippen LogP) is 4.02. The molecule has 5 heterocycles. The highest BCUT2D eigenvalue weighted by Gasteiger charge is 2.32. The van der Waals surface area contributed by atoms with Crippen molar-refractivity contribution in [2.75, 3.05) is 16.8 Å². The Kier molecular flexibility index (Phi) is 4.99. The normalized spacial score (nSPS) is 15.9. The third kappa shape index (κ3) is 4.07. The van der Waals surface area contributed by atoms with Gasteiger partial charge in [-0.3, -0.25) is 4.98 Å². The van der Waals surface area contributed by atoms with E-state index < -0.39 is 0 Å². The van der Waals surface area contributed by atoms with Crippen molar-refractivity contribution in [3.8, 4) is 11.4 Å². The van der Waals surface area contributed by atoms with Crippen molar-refractivity contribution in [2.24, 2.45) is 0 Å². The van der Waals surface area contributed by atoms with Gasteiger partial charge < -0.3 is 14.7 Å². The molecule has 9 nitrogen and oxygen atoms in total. The number of hydrogen-bond acceptors (Lipinski definition) is 9. The van der Waals surface area contributed by atoms with E-state index in [-0.39, 0.29) is 6.04 Å². The Morgan fingerprint density at radius 1 is 0.968 bits per heavy atom. The van der Waals surface area contributed by atoms with E-state index >= 15 is 0 Å². The maximum Gasteiger partial charge on any atom is 0.228 e. The summed E-state index contributed by atoms with van der Waals surface area (Å²) in [5.41, 5.74) is 3.28. The first-order valence-corrected chi connectivity index (χ1v) is 10.2. The largest absolute Gasteiger partial charge is 0.358 e. The number of aryl methyl sites for hydroxylation is 2. The first-order chi connectivity index (χ1) is 15.2. The van der Waals surface area contributed by atoms with Crippen LogP contribution in [0.5, 0.6) is 0 Å². The molecule has 4 aromatic rings. The Balaban J connectivity index is 1.42. The molecule has 0 aliphatic carbocycles. The fourth-order valence-corrected chi connectivity index (χ4v) is 3.78. The minimum absolute atomic E-state index is 0.0286. The molecule has 0 spiro atoms. The molecule has 4 aromatic heterocycles. The molecule has 0 amide bonds. The number of aromatic nitrogens is 6. The zero-order chi connectivity index (χ0) is 21.2. The van der Waals surface area contributed by atoms with Gasteiger partial charge in [0.2, 0.25) is 5.95 Å². The number of nitrogens with one attached hydrogen (secondary N) is 1. The molecule has 5 rings (SSSR count). The number of pyridine rings is 1. The minimum atomic E-state index is 0.0286. The van der Waals surface area contributed by atoms with Crippen LogP contribution in [0, 0.1) is 13.8 Å². The second-order valence-electron chi connectivity index (χ2n) is 7.55. The number of nitrogens with zero attached hydrogens (tertiary/aromatic N) is 7. The maximum atomic E-state index is 5.70. The van der Waals surface area contributed by atoms with Crippen LogP contribution < -0.4 is 10.2 Å². The zero-order valence-electron chi connectivity index (χ0n) is 17.4. The Morgan fingerprint density at radius 3 is 2.71 bits per heavy atom. The first-order valence-electron chi connectivity index (χ1n) is 10.2. The number of anilines is 3. The highest BCUT2D eigenvalue weighted by molar-refractivity contribution is 5.56. The molecule has 0 unspecified atom stereocenters. The van der Waals surface area contributed by atoms with Crippen molar-refractivity contribution >= 4 is 17.6 Å². The fraction of sp³-hybridized carbons (Fsp3) is 0.273. The van der Waals surface area contributed by atoms with E-state index in [1.165, 1.54) is 6.33 Å². The summed E-state index contributed by atoms with van der Waals surface area (Å²) in [4.78, 5) is 24.4. The van der Waals surface area contributed by atoms with Crippen molar-refractivity contribution in [3.05, 3.63) is 66.1 Å². The lowest BCUT2D eigenvalue weighted by molar-refractivity contribution is 0.362. The zero-order valence-corrected chi connectivity index (χ0v) is 17.4. The van der Waals surface area contributed by atoms with Gasteiger partial charge in [-0.05, 0) is 38.8 Å². The molecule has 31 heavy (non-hydrogen) atoms. The quantitative estimate of drug-likeness (QED) is 0.518. The lowest BCUT2D eigenvalue weighted by Gasteiger charge is -2.23. The van der Waals surface area contributed by atoms with Crippen LogP contribution in [0.2, 0.25) is 0 Å². The summed E-state index contributed by atoms with van der Waals surface area (Å²) in [7, 11) is 0. The average molecular weight is 414 g/mol. The minimum Gasteiger partial charge on any atom is -0.358 e. The molecule has 1 fully saturated rings. The van der Waals surface area contributed by atoms with Gasteiger partial charge in [0.05, 0.1) is 11.7 Å². The van der Waals surface area contributed by atoms with Crippen LogP contribution >= 0.6 is 0 Å². The summed E-state index contributed by atoms with van der Waals surface area (Å²) >= 11 is 0. The summed E-state index contributed by atoms with van der Waals surface area (Å²) < 4.78 is 5.70. The van der Waals surface area contributed by atoms with Crippen LogP contribution in [0.3, 0.4) is 0 Å². The molecule has 1 saturated heterocycles. The molecule has 1 atom stereocenters. The molecule has 1 aliphatic rings. The van der Waals surface area contributed by atoms with Gasteiger partial charge in [0.1, 0.15) is 23.7 Å². The molecular formula is C22H22N8O. The van der Waals surface area contributed by atoms with Crippen LogP contribution in [-0.2, 0) is 0 Å². The van der Waals surface area contributed by atoms with E-state index in [0.29, 0.717) is 17.6 Å². The van der Waals surface area contributed by atoms with Crippen molar-refractivity contribution < 1.29 is 4.52 Å².